The highest BCUT2D eigenvalue weighted by Crippen LogP contribution is 2.31. The molecule has 0 saturated heterocycles. The molecule has 142 valence electrons. The third kappa shape index (κ3) is 5.26. The summed E-state index contributed by atoms with van der Waals surface area (Å²) in [6.45, 7) is 4.58. The molecule has 2 aromatic rings. The minimum Gasteiger partial charge on any atom is -0.493 e. The Labute approximate surface area is 163 Å². The number of para-hydroxylation sites is 1. The van der Waals surface area contributed by atoms with E-state index in [2.05, 4.69) is 10.6 Å². The molecule has 1 atom stereocenters. The van der Waals surface area contributed by atoms with Gasteiger partial charge in [0.15, 0.2) is 0 Å². The quantitative estimate of drug-likeness (QED) is 0.798. The Morgan fingerprint density at radius 2 is 1.89 bits per heavy atom. The predicted molar refractivity (Wildman–Crippen MR) is 109 cm³/mol. The Kier molecular flexibility index (Phi) is 6.40. The molecule has 1 aliphatic heterocycles. The van der Waals surface area contributed by atoms with Gasteiger partial charge < -0.3 is 15.4 Å². The summed E-state index contributed by atoms with van der Waals surface area (Å²) in [6, 6.07) is 13.6. The van der Waals surface area contributed by atoms with Gasteiger partial charge in [0.1, 0.15) is 5.75 Å². The average Bonchev–Trinajstić information content (AvgIpc) is 2.64. The van der Waals surface area contributed by atoms with Crippen LogP contribution >= 0.6 is 11.8 Å². The van der Waals surface area contributed by atoms with E-state index in [1.807, 2.05) is 56.3 Å². The third-order valence-electron chi connectivity index (χ3n) is 4.42. The lowest BCUT2D eigenvalue weighted by molar-refractivity contribution is -0.119. The number of nitrogens with one attached hydrogen (secondary N) is 2. The van der Waals surface area contributed by atoms with E-state index in [0.717, 1.165) is 34.5 Å². The van der Waals surface area contributed by atoms with Crippen molar-refractivity contribution in [1.29, 1.82) is 0 Å². The minimum absolute atomic E-state index is 0.0351. The van der Waals surface area contributed by atoms with E-state index in [-0.39, 0.29) is 29.4 Å². The second-order valence-electron chi connectivity index (χ2n) is 6.65. The fourth-order valence-corrected chi connectivity index (χ4v) is 3.73. The van der Waals surface area contributed by atoms with Crippen LogP contribution in [0, 0.1) is 13.8 Å². The lowest BCUT2D eigenvalue weighted by Crippen LogP contribution is -2.33. The molecule has 0 saturated carbocycles. The van der Waals surface area contributed by atoms with Crippen molar-refractivity contribution in [2.24, 2.45) is 0 Å². The standard InChI is InChI=1S/C21H24N2O3S/c1-14-7-8-17(15(2)11-14)22-20(24)12-27-13-21(25)23-18-9-10-26-19-6-4-3-5-16(18)19/h3-8,11,18H,9-10,12-13H2,1-2H3,(H,22,24)(H,23,25)/t18-/m1/s1. The molecular formula is C21H24N2O3S. The summed E-state index contributed by atoms with van der Waals surface area (Å²) < 4.78 is 5.61. The van der Waals surface area contributed by atoms with E-state index in [1.54, 1.807) is 0 Å². The summed E-state index contributed by atoms with van der Waals surface area (Å²) in [4.78, 5) is 24.4. The van der Waals surface area contributed by atoms with Crippen LogP contribution in [0.3, 0.4) is 0 Å². The fraction of sp³-hybridized carbons (Fsp3) is 0.333. The molecule has 0 bridgehead atoms. The van der Waals surface area contributed by atoms with Crippen LogP contribution in [-0.2, 0) is 9.59 Å². The number of benzene rings is 2. The first-order valence-electron chi connectivity index (χ1n) is 8.99. The second kappa shape index (κ2) is 8.95. The number of carbonyl (C=O) groups is 2. The third-order valence-corrected chi connectivity index (χ3v) is 5.35. The van der Waals surface area contributed by atoms with Gasteiger partial charge in [0.05, 0.1) is 24.2 Å². The normalized spacial score (nSPS) is 15.4. The number of anilines is 1. The molecule has 0 aliphatic carbocycles. The number of carbonyl (C=O) groups excluding carboxylic acids is 2. The van der Waals surface area contributed by atoms with Gasteiger partial charge in [0.25, 0.3) is 0 Å². The maximum atomic E-state index is 12.2. The van der Waals surface area contributed by atoms with Crippen LogP contribution in [0.15, 0.2) is 42.5 Å². The highest BCUT2D eigenvalue weighted by atomic mass is 32.2. The highest BCUT2D eigenvalue weighted by molar-refractivity contribution is 8.00. The highest BCUT2D eigenvalue weighted by Gasteiger charge is 2.22. The van der Waals surface area contributed by atoms with Gasteiger partial charge in [-0.1, -0.05) is 35.9 Å². The Morgan fingerprint density at radius 3 is 2.70 bits per heavy atom. The molecular weight excluding hydrogens is 360 g/mol. The summed E-state index contributed by atoms with van der Waals surface area (Å²) in [5.74, 6) is 1.15. The van der Waals surface area contributed by atoms with Crippen LogP contribution in [0.5, 0.6) is 5.75 Å². The number of ether oxygens (including phenoxy) is 1. The summed E-state index contributed by atoms with van der Waals surface area (Å²) in [7, 11) is 0. The Morgan fingerprint density at radius 1 is 1.11 bits per heavy atom. The maximum absolute atomic E-state index is 12.2. The van der Waals surface area contributed by atoms with Gasteiger partial charge in [-0.15, -0.1) is 11.8 Å². The molecule has 0 fully saturated rings. The van der Waals surface area contributed by atoms with E-state index < -0.39 is 0 Å². The molecule has 2 amide bonds. The lowest BCUT2D eigenvalue weighted by Gasteiger charge is -2.26. The molecule has 27 heavy (non-hydrogen) atoms. The van der Waals surface area contributed by atoms with Crippen LogP contribution in [0.4, 0.5) is 5.69 Å². The monoisotopic (exact) mass is 384 g/mol. The number of fused-ring (bicyclic) bond motifs is 1. The van der Waals surface area contributed by atoms with E-state index >= 15 is 0 Å². The van der Waals surface area contributed by atoms with Gasteiger partial charge in [-0.25, -0.2) is 0 Å². The van der Waals surface area contributed by atoms with Crippen molar-refractivity contribution in [2.75, 3.05) is 23.4 Å². The van der Waals surface area contributed by atoms with Crippen LogP contribution in [-0.4, -0.2) is 29.9 Å². The van der Waals surface area contributed by atoms with E-state index in [4.69, 9.17) is 4.74 Å². The predicted octanol–water partition coefficient (Wildman–Crippen LogP) is 3.62. The van der Waals surface area contributed by atoms with E-state index in [0.29, 0.717) is 6.61 Å². The number of aryl methyl sites for hydroxylation is 2. The summed E-state index contributed by atoms with van der Waals surface area (Å²) >= 11 is 1.31. The molecule has 1 heterocycles. The zero-order valence-electron chi connectivity index (χ0n) is 15.6. The summed E-state index contributed by atoms with van der Waals surface area (Å²) in [5.41, 5.74) is 4.01. The number of hydrogen-bond donors (Lipinski definition) is 2. The second-order valence-corrected chi connectivity index (χ2v) is 7.64. The Bertz CT molecular complexity index is 838. The summed E-state index contributed by atoms with van der Waals surface area (Å²) in [6.07, 6.45) is 0.751. The molecule has 0 radical (unpaired) electrons. The van der Waals surface area contributed by atoms with E-state index in [1.165, 1.54) is 11.8 Å². The molecule has 0 unspecified atom stereocenters. The molecule has 2 aromatic carbocycles. The summed E-state index contributed by atoms with van der Waals surface area (Å²) in [5, 5.41) is 5.94. The number of amides is 2. The van der Waals surface area contributed by atoms with Crippen LogP contribution in [0.1, 0.15) is 29.2 Å². The van der Waals surface area contributed by atoms with Gasteiger partial charge in [0.2, 0.25) is 11.8 Å². The van der Waals surface area contributed by atoms with Crippen molar-refractivity contribution in [3.05, 3.63) is 59.2 Å². The van der Waals surface area contributed by atoms with Crippen molar-refractivity contribution in [3.8, 4) is 5.75 Å². The van der Waals surface area contributed by atoms with Gasteiger partial charge >= 0.3 is 0 Å². The van der Waals surface area contributed by atoms with Crippen molar-refractivity contribution < 1.29 is 14.3 Å². The average molecular weight is 385 g/mol. The van der Waals surface area contributed by atoms with Crippen LogP contribution in [0.25, 0.3) is 0 Å². The van der Waals surface area contributed by atoms with Crippen molar-refractivity contribution in [1.82, 2.24) is 5.32 Å². The maximum Gasteiger partial charge on any atom is 0.234 e. The first kappa shape index (κ1) is 19.3. The van der Waals surface area contributed by atoms with Crippen molar-refractivity contribution in [2.45, 2.75) is 26.3 Å². The molecule has 0 aromatic heterocycles. The van der Waals surface area contributed by atoms with Crippen molar-refractivity contribution in [3.63, 3.8) is 0 Å². The minimum atomic E-state index is -0.101. The molecule has 6 heteroatoms. The Balaban J connectivity index is 1.44. The van der Waals surface area contributed by atoms with Crippen LogP contribution < -0.4 is 15.4 Å². The van der Waals surface area contributed by atoms with Gasteiger partial charge in [-0.3, -0.25) is 9.59 Å². The van der Waals surface area contributed by atoms with Crippen molar-refractivity contribution >= 4 is 29.3 Å². The smallest absolute Gasteiger partial charge is 0.234 e. The fourth-order valence-electron chi connectivity index (χ4n) is 3.10. The van der Waals surface area contributed by atoms with Crippen LogP contribution in [0.2, 0.25) is 0 Å². The lowest BCUT2D eigenvalue weighted by atomic mass is 10.0. The Hall–Kier alpha value is -2.47. The first-order valence-corrected chi connectivity index (χ1v) is 10.1. The number of thioether (sulfide) groups is 1. The molecule has 0 spiro atoms. The van der Waals surface area contributed by atoms with Gasteiger partial charge in [-0.05, 0) is 31.5 Å². The largest absolute Gasteiger partial charge is 0.493 e. The van der Waals surface area contributed by atoms with Gasteiger partial charge in [0, 0.05) is 17.7 Å². The first-order chi connectivity index (χ1) is 13.0. The van der Waals surface area contributed by atoms with E-state index in [9.17, 15) is 9.59 Å². The van der Waals surface area contributed by atoms with Gasteiger partial charge in [-0.2, -0.15) is 0 Å². The zero-order chi connectivity index (χ0) is 19.2. The molecule has 1 aliphatic rings. The topological polar surface area (TPSA) is 67.4 Å². The molecule has 5 nitrogen and oxygen atoms in total. The number of hydrogen-bond acceptors (Lipinski definition) is 4. The molecule has 3 rings (SSSR count). The number of rotatable bonds is 6. The zero-order valence-corrected chi connectivity index (χ0v) is 16.4. The molecule has 2 N–H and O–H groups in total. The SMILES string of the molecule is Cc1ccc(NC(=O)CSCC(=O)N[C@@H]2CCOc3ccccc32)c(C)c1.